The third-order valence-electron chi connectivity index (χ3n) is 5.36. The first-order chi connectivity index (χ1) is 15.8. The molecule has 1 aromatic heterocycles. The molecule has 1 aliphatic carbocycles. The van der Waals surface area contributed by atoms with Crippen LogP contribution >= 0.6 is 0 Å². The van der Waals surface area contributed by atoms with Gasteiger partial charge in [-0.25, -0.2) is 4.98 Å². The van der Waals surface area contributed by atoms with Gasteiger partial charge in [0.2, 0.25) is 5.75 Å². The molecule has 1 fully saturated rings. The highest BCUT2D eigenvalue weighted by atomic mass is 16.6. The van der Waals surface area contributed by atoms with E-state index in [0.717, 1.165) is 12.8 Å². The Balaban J connectivity index is 1.66. The van der Waals surface area contributed by atoms with E-state index in [4.69, 9.17) is 18.9 Å². The van der Waals surface area contributed by atoms with Gasteiger partial charge < -0.3 is 18.9 Å². The molecule has 8 heteroatoms. The number of hydrogen-bond acceptors (Lipinski definition) is 8. The zero-order valence-electron chi connectivity index (χ0n) is 19.3. The molecule has 2 aromatic rings. The van der Waals surface area contributed by atoms with Crippen LogP contribution in [0.3, 0.4) is 0 Å². The Kier molecular flexibility index (Phi) is 8.03. The summed E-state index contributed by atoms with van der Waals surface area (Å²) in [5, 5.41) is 0. The lowest BCUT2D eigenvalue weighted by Crippen LogP contribution is -2.37. The molecular formula is C25H29NO7. The highest BCUT2D eigenvalue weighted by molar-refractivity contribution is 5.99. The van der Waals surface area contributed by atoms with Gasteiger partial charge in [-0.1, -0.05) is 25.1 Å². The Morgan fingerprint density at radius 1 is 1.09 bits per heavy atom. The van der Waals surface area contributed by atoms with Crippen LogP contribution in [0.15, 0.2) is 42.6 Å². The van der Waals surface area contributed by atoms with Crippen molar-refractivity contribution in [2.75, 3.05) is 7.11 Å². The van der Waals surface area contributed by atoms with Crippen molar-refractivity contribution in [3.8, 4) is 17.2 Å². The number of rotatable bonds is 11. The van der Waals surface area contributed by atoms with Gasteiger partial charge in [-0.3, -0.25) is 14.4 Å². The predicted molar refractivity (Wildman–Crippen MR) is 119 cm³/mol. The highest BCUT2D eigenvalue weighted by Crippen LogP contribution is 2.37. The number of carbonyl (C=O) groups is 3. The van der Waals surface area contributed by atoms with Crippen LogP contribution in [0.4, 0.5) is 0 Å². The number of benzene rings is 1. The van der Waals surface area contributed by atoms with E-state index in [2.05, 4.69) is 4.98 Å². The van der Waals surface area contributed by atoms with E-state index in [1.807, 2.05) is 37.3 Å². The van der Waals surface area contributed by atoms with E-state index in [9.17, 15) is 14.4 Å². The first-order valence-electron chi connectivity index (χ1n) is 11.0. The number of methoxy groups -OCH3 is 1. The van der Waals surface area contributed by atoms with Gasteiger partial charge in [0.1, 0.15) is 18.0 Å². The number of ether oxygens (including phenoxy) is 4. The first kappa shape index (κ1) is 24.2. The van der Waals surface area contributed by atoms with Crippen molar-refractivity contribution in [2.45, 2.75) is 52.2 Å². The molecule has 1 saturated carbocycles. The molecule has 3 rings (SSSR count). The summed E-state index contributed by atoms with van der Waals surface area (Å²) >= 11 is 0. The van der Waals surface area contributed by atoms with Gasteiger partial charge in [-0.15, -0.1) is 0 Å². The van der Waals surface area contributed by atoms with Gasteiger partial charge in [0.25, 0.3) is 0 Å². The molecule has 0 N–H and O–H groups in total. The van der Waals surface area contributed by atoms with Crippen LogP contribution in [-0.4, -0.2) is 42.0 Å². The van der Waals surface area contributed by atoms with Gasteiger partial charge >= 0.3 is 11.9 Å². The number of nitrogens with zero attached hydrogens (tertiary/aromatic N) is 1. The summed E-state index contributed by atoms with van der Waals surface area (Å²) in [5.41, 5.74) is -0.0660. The first-order valence-corrected chi connectivity index (χ1v) is 11.0. The minimum atomic E-state index is -0.721. The molecule has 0 spiro atoms. The van der Waals surface area contributed by atoms with Gasteiger partial charge in [0.05, 0.1) is 13.0 Å². The van der Waals surface area contributed by atoms with Crippen molar-refractivity contribution < 1.29 is 33.3 Å². The average molecular weight is 456 g/mol. The number of ketones is 1. The molecule has 8 nitrogen and oxygen atoms in total. The van der Waals surface area contributed by atoms with Gasteiger partial charge in [-0.05, 0) is 37.8 Å². The van der Waals surface area contributed by atoms with E-state index in [1.165, 1.54) is 26.3 Å². The Morgan fingerprint density at radius 3 is 2.39 bits per heavy atom. The van der Waals surface area contributed by atoms with Crippen LogP contribution in [0.5, 0.6) is 17.2 Å². The highest BCUT2D eigenvalue weighted by Gasteiger charge is 2.40. The Morgan fingerprint density at radius 2 is 1.79 bits per heavy atom. The second kappa shape index (κ2) is 10.9. The Hall–Kier alpha value is -3.42. The van der Waals surface area contributed by atoms with Gasteiger partial charge in [0, 0.05) is 25.6 Å². The second-order valence-electron chi connectivity index (χ2n) is 8.19. The van der Waals surface area contributed by atoms with E-state index in [-0.39, 0.29) is 35.6 Å². The zero-order chi connectivity index (χ0) is 24.0. The van der Waals surface area contributed by atoms with Crippen LogP contribution < -0.4 is 14.2 Å². The lowest BCUT2D eigenvalue weighted by atomic mass is 10.0. The molecule has 1 aromatic carbocycles. The molecule has 3 atom stereocenters. The number of hydrogen-bond donors (Lipinski definition) is 0. The van der Waals surface area contributed by atoms with E-state index in [1.54, 1.807) is 6.92 Å². The number of Topliss-reactive ketones (excluding diaryl/α,β-unsaturated/α-hetero) is 1. The molecule has 0 aliphatic heterocycles. The SMILES string of the molecule is COc1ccnc(C(=O)C[C@@H](C)C(=O)OC(C2CC2)[C@H](C)Oc2ccccc2)c1OC(C)=O. The third kappa shape index (κ3) is 6.54. The minimum absolute atomic E-state index is 0.0567. The van der Waals surface area contributed by atoms with Crippen molar-refractivity contribution in [3.05, 3.63) is 48.3 Å². The fourth-order valence-electron chi connectivity index (χ4n) is 3.52. The van der Waals surface area contributed by atoms with Crippen molar-refractivity contribution in [3.63, 3.8) is 0 Å². The van der Waals surface area contributed by atoms with Crippen LogP contribution in [0.25, 0.3) is 0 Å². The van der Waals surface area contributed by atoms with Crippen LogP contribution in [-0.2, 0) is 14.3 Å². The summed E-state index contributed by atoms with van der Waals surface area (Å²) in [6, 6.07) is 10.9. The molecule has 0 amide bonds. The number of carbonyl (C=O) groups excluding carboxylic acids is 3. The molecule has 1 unspecified atom stereocenters. The van der Waals surface area contributed by atoms with Crippen LogP contribution in [0, 0.1) is 11.8 Å². The molecule has 0 bridgehead atoms. The summed E-state index contributed by atoms with van der Waals surface area (Å²) in [6.45, 7) is 4.72. The number of para-hydroxylation sites is 1. The second-order valence-corrected chi connectivity index (χ2v) is 8.19. The van der Waals surface area contributed by atoms with Gasteiger partial charge in [0.15, 0.2) is 17.2 Å². The molecule has 176 valence electrons. The molecule has 1 heterocycles. The van der Waals surface area contributed by atoms with Crippen molar-refractivity contribution >= 4 is 17.7 Å². The number of pyridine rings is 1. The van der Waals surface area contributed by atoms with Gasteiger partial charge in [-0.2, -0.15) is 0 Å². The van der Waals surface area contributed by atoms with Crippen LogP contribution in [0.1, 0.15) is 50.5 Å². The average Bonchev–Trinajstić information content (AvgIpc) is 3.62. The lowest BCUT2D eigenvalue weighted by Gasteiger charge is -2.26. The van der Waals surface area contributed by atoms with Crippen molar-refractivity contribution in [2.24, 2.45) is 11.8 Å². The van der Waals surface area contributed by atoms with E-state index < -0.39 is 29.7 Å². The Bertz CT molecular complexity index is 988. The fraction of sp³-hybridized carbons (Fsp3) is 0.440. The van der Waals surface area contributed by atoms with Crippen molar-refractivity contribution in [1.29, 1.82) is 0 Å². The largest absolute Gasteiger partial charge is 0.493 e. The zero-order valence-corrected chi connectivity index (χ0v) is 19.3. The molecular weight excluding hydrogens is 426 g/mol. The molecule has 1 aliphatic rings. The summed E-state index contributed by atoms with van der Waals surface area (Å²) in [4.78, 5) is 41.2. The number of esters is 2. The lowest BCUT2D eigenvalue weighted by molar-refractivity contribution is -0.159. The molecule has 0 radical (unpaired) electrons. The summed E-state index contributed by atoms with van der Waals surface area (Å²) in [5.74, 6) is -1.17. The normalized spacial score (nSPS) is 15.6. The monoisotopic (exact) mass is 455 g/mol. The van der Waals surface area contributed by atoms with E-state index >= 15 is 0 Å². The quantitative estimate of drug-likeness (QED) is 0.370. The summed E-state index contributed by atoms with van der Waals surface area (Å²) in [6.07, 6.45) is 2.43. The summed E-state index contributed by atoms with van der Waals surface area (Å²) in [7, 11) is 1.40. The summed E-state index contributed by atoms with van der Waals surface area (Å²) < 4.78 is 22.1. The topological polar surface area (TPSA) is 101 Å². The smallest absolute Gasteiger partial charge is 0.309 e. The standard InChI is InChI=1S/C25H29NO7/c1-15(14-20(28)22-24(32-17(3)27)21(30-4)12-13-26-22)25(29)33-23(18-10-11-18)16(2)31-19-8-6-5-7-9-19/h5-9,12-13,15-16,18,23H,10-11,14H2,1-4H3/t15-,16+,23?/m1/s1. The predicted octanol–water partition coefficient (Wildman–Crippen LogP) is 4.01. The number of aromatic nitrogens is 1. The fourth-order valence-corrected chi connectivity index (χ4v) is 3.52. The Labute approximate surface area is 193 Å². The third-order valence-corrected chi connectivity index (χ3v) is 5.36. The van der Waals surface area contributed by atoms with Crippen molar-refractivity contribution in [1.82, 2.24) is 4.98 Å². The maximum absolute atomic E-state index is 12.9. The maximum atomic E-state index is 12.9. The molecule has 0 saturated heterocycles. The van der Waals surface area contributed by atoms with E-state index in [0.29, 0.717) is 5.75 Å². The minimum Gasteiger partial charge on any atom is -0.493 e. The molecule has 33 heavy (non-hydrogen) atoms. The maximum Gasteiger partial charge on any atom is 0.309 e. The van der Waals surface area contributed by atoms with Crippen LogP contribution in [0.2, 0.25) is 0 Å².